The summed E-state index contributed by atoms with van der Waals surface area (Å²) in [6, 6.07) is 1.77. The van der Waals surface area contributed by atoms with Gasteiger partial charge in [0.2, 0.25) is 0 Å². The van der Waals surface area contributed by atoms with Crippen molar-refractivity contribution in [2.75, 3.05) is 6.54 Å². The lowest BCUT2D eigenvalue weighted by molar-refractivity contribution is -0.137. The Morgan fingerprint density at radius 1 is 1.40 bits per heavy atom. The molecule has 0 aromatic carbocycles. The van der Waals surface area contributed by atoms with Crippen molar-refractivity contribution in [2.24, 2.45) is 0 Å². The Morgan fingerprint density at radius 3 is 2.90 bits per heavy atom. The maximum Gasteiger partial charge on any atom is 0.303 e. The summed E-state index contributed by atoms with van der Waals surface area (Å²) in [5.41, 5.74) is 0.543. The molecule has 1 atom stereocenters. The summed E-state index contributed by atoms with van der Waals surface area (Å²) in [4.78, 5) is 29.1. The van der Waals surface area contributed by atoms with Crippen molar-refractivity contribution in [3.63, 3.8) is 0 Å². The second-order valence-corrected chi connectivity index (χ2v) is 5.89. The molecule has 6 heteroatoms. The standard InChI is InChI=1S/C14H17BrN2O3/c15-11-7-10(8-16-9-11)14(20)17-6-2-1-3-12(17)4-5-13(18)19/h7-9,12H,1-6H2,(H,18,19)/t12-/m0/s1. The first-order chi connectivity index (χ1) is 9.58. The number of carbonyl (C=O) groups excluding carboxylic acids is 1. The summed E-state index contributed by atoms with van der Waals surface area (Å²) in [5, 5.41) is 8.80. The number of rotatable bonds is 4. The van der Waals surface area contributed by atoms with Crippen LogP contribution < -0.4 is 0 Å². The molecule has 0 bridgehead atoms. The molecule has 1 amide bonds. The lowest BCUT2D eigenvalue weighted by Gasteiger charge is -2.35. The van der Waals surface area contributed by atoms with Crippen LogP contribution in [0.3, 0.4) is 0 Å². The van der Waals surface area contributed by atoms with Crippen molar-refractivity contribution in [1.82, 2.24) is 9.88 Å². The zero-order valence-electron chi connectivity index (χ0n) is 11.1. The van der Waals surface area contributed by atoms with Crippen LogP contribution in [0.4, 0.5) is 0 Å². The monoisotopic (exact) mass is 340 g/mol. The minimum atomic E-state index is -0.813. The molecule has 5 nitrogen and oxygen atoms in total. The number of carbonyl (C=O) groups is 2. The number of piperidine rings is 1. The van der Waals surface area contributed by atoms with Crippen LogP contribution in [0.15, 0.2) is 22.9 Å². The minimum absolute atomic E-state index is 0.0198. The molecule has 1 fully saturated rings. The number of nitrogens with zero attached hydrogens (tertiary/aromatic N) is 2. The molecule has 0 spiro atoms. The van der Waals surface area contributed by atoms with Gasteiger partial charge in [0, 0.05) is 35.9 Å². The Kier molecular flexibility index (Phi) is 5.11. The molecular formula is C14H17BrN2O3. The maximum atomic E-state index is 12.5. The zero-order chi connectivity index (χ0) is 14.5. The van der Waals surface area contributed by atoms with E-state index >= 15 is 0 Å². The fraction of sp³-hybridized carbons (Fsp3) is 0.500. The number of amides is 1. The summed E-state index contributed by atoms with van der Waals surface area (Å²) >= 11 is 3.31. The summed E-state index contributed by atoms with van der Waals surface area (Å²) in [7, 11) is 0. The fourth-order valence-electron chi connectivity index (χ4n) is 2.55. The molecule has 20 heavy (non-hydrogen) atoms. The molecule has 0 radical (unpaired) electrons. The number of likely N-dealkylation sites (tertiary alicyclic amines) is 1. The van der Waals surface area contributed by atoms with Crippen LogP contribution in [-0.2, 0) is 4.79 Å². The molecule has 1 aromatic rings. The number of hydrogen-bond donors (Lipinski definition) is 1. The predicted octanol–water partition coefficient (Wildman–Crippen LogP) is 2.70. The smallest absolute Gasteiger partial charge is 0.303 e. The number of pyridine rings is 1. The van der Waals surface area contributed by atoms with E-state index in [2.05, 4.69) is 20.9 Å². The Labute approximate surface area is 126 Å². The van der Waals surface area contributed by atoms with Crippen LogP contribution in [-0.4, -0.2) is 39.5 Å². The van der Waals surface area contributed by atoms with E-state index in [1.54, 1.807) is 23.4 Å². The van der Waals surface area contributed by atoms with Crippen LogP contribution >= 0.6 is 15.9 Å². The van der Waals surface area contributed by atoms with E-state index in [0.717, 1.165) is 23.7 Å². The first-order valence-corrected chi connectivity index (χ1v) is 7.50. The topological polar surface area (TPSA) is 70.5 Å². The van der Waals surface area contributed by atoms with Crippen molar-refractivity contribution in [2.45, 2.75) is 38.1 Å². The Bertz CT molecular complexity index is 507. The van der Waals surface area contributed by atoms with Gasteiger partial charge in [-0.2, -0.15) is 0 Å². The van der Waals surface area contributed by atoms with Gasteiger partial charge in [-0.3, -0.25) is 14.6 Å². The fourth-order valence-corrected chi connectivity index (χ4v) is 2.92. The van der Waals surface area contributed by atoms with Crippen molar-refractivity contribution in [3.05, 3.63) is 28.5 Å². The summed E-state index contributed by atoms with van der Waals surface area (Å²) in [6.07, 6.45) is 6.69. The van der Waals surface area contributed by atoms with Gasteiger partial charge >= 0.3 is 5.97 Å². The largest absolute Gasteiger partial charge is 0.481 e. The first kappa shape index (κ1) is 15.0. The second kappa shape index (κ2) is 6.83. The van der Waals surface area contributed by atoms with Crippen LogP contribution in [0, 0.1) is 0 Å². The summed E-state index contributed by atoms with van der Waals surface area (Å²) in [5.74, 6) is -0.874. The number of aliphatic carboxylic acids is 1. The van der Waals surface area contributed by atoms with Crippen molar-refractivity contribution in [3.8, 4) is 0 Å². The number of carboxylic acids is 1. The van der Waals surface area contributed by atoms with E-state index in [1.807, 2.05) is 0 Å². The number of hydrogen-bond acceptors (Lipinski definition) is 3. The summed E-state index contributed by atoms with van der Waals surface area (Å²) < 4.78 is 0.766. The molecule has 108 valence electrons. The second-order valence-electron chi connectivity index (χ2n) is 4.97. The van der Waals surface area contributed by atoms with Gasteiger partial charge in [0.1, 0.15) is 0 Å². The molecule has 1 saturated heterocycles. The lowest BCUT2D eigenvalue weighted by Crippen LogP contribution is -2.44. The van der Waals surface area contributed by atoms with Gasteiger partial charge in [-0.05, 0) is 47.7 Å². The van der Waals surface area contributed by atoms with E-state index in [4.69, 9.17) is 5.11 Å². The SMILES string of the molecule is O=C(O)CC[C@@H]1CCCCN1C(=O)c1cncc(Br)c1. The highest BCUT2D eigenvalue weighted by molar-refractivity contribution is 9.10. The van der Waals surface area contributed by atoms with Crippen LogP contribution in [0.1, 0.15) is 42.5 Å². The van der Waals surface area contributed by atoms with Gasteiger partial charge in [0.15, 0.2) is 0 Å². The normalized spacial score (nSPS) is 18.9. The molecule has 0 aliphatic carbocycles. The molecule has 1 aromatic heterocycles. The van der Waals surface area contributed by atoms with Crippen LogP contribution in [0.5, 0.6) is 0 Å². The third-order valence-electron chi connectivity index (χ3n) is 3.53. The van der Waals surface area contributed by atoms with Crippen LogP contribution in [0.25, 0.3) is 0 Å². The molecule has 1 aliphatic rings. The number of halogens is 1. The molecule has 0 unspecified atom stereocenters. The van der Waals surface area contributed by atoms with E-state index in [-0.39, 0.29) is 18.4 Å². The lowest BCUT2D eigenvalue weighted by atomic mass is 9.97. The average Bonchev–Trinajstić information content (AvgIpc) is 2.44. The maximum absolute atomic E-state index is 12.5. The highest BCUT2D eigenvalue weighted by Crippen LogP contribution is 2.23. The van der Waals surface area contributed by atoms with Crippen molar-refractivity contribution < 1.29 is 14.7 Å². The molecule has 2 rings (SSSR count). The molecular weight excluding hydrogens is 324 g/mol. The third-order valence-corrected chi connectivity index (χ3v) is 3.96. The predicted molar refractivity (Wildman–Crippen MR) is 77.5 cm³/mol. The van der Waals surface area contributed by atoms with Gasteiger partial charge in [-0.25, -0.2) is 0 Å². The van der Waals surface area contributed by atoms with Crippen molar-refractivity contribution >= 4 is 27.8 Å². The van der Waals surface area contributed by atoms with Gasteiger partial charge in [0.05, 0.1) is 5.56 Å². The van der Waals surface area contributed by atoms with Gasteiger partial charge < -0.3 is 10.0 Å². The first-order valence-electron chi connectivity index (χ1n) is 6.71. The van der Waals surface area contributed by atoms with Crippen LogP contribution in [0.2, 0.25) is 0 Å². The molecule has 0 saturated carbocycles. The molecule has 2 heterocycles. The molecule has 1 aliphatic heterocycles. The highest BCUT2D eigenvalue weighted by atomic mass is 79.9. The van der Waals surface area contributed by atoms with Crippen molar-refractivity contribution in [1.29, 1.82) is 0 Å². The number of aromatic nitrogens is 1. The Hall–Kier alpha value is -1.43. The highest BCUT2D eigenvalue weighted by Gasteiger charge is 2.27. The average molecular weight is 341 g/mol. The van der Waals surface area contributed by atoms with E-state index in [9.17, 15) is 9.59 Å². The Balaban J connectivity index is 2.10. The van der Waals surface area contributed by atoms with E-state index < -0.39 is 5.97 Å². The van der Waals surface area contributed by atoms with Gasteiger partial charge in [0.25, 0.3) is 5.91 Å². The summed E-state index contributed by atoms with van der Waals surface area (Å²) in [6.45, 7) is 0.690. The van der Waals surface area contributed by atoms with Gasteiger partial charge in [-0.1, -0.05) is 0 Å². The van der Waals surface area contributed by atoms with E-state index in [0.29, 0.717) is 18.5 Å². The quantitative estimate of drug-likeness (QED) is 0.914. The minimum Gasteiger partial charge on any atom is -0.481 e. The van der Waals surface area contributed by atoms with Gasteiger partial charge in [-0.15, -0.1) is 0 Å². The van der Waals surface area contributed by atoms with E-state index in [1.165, 1.54) is 0 Å². The third kappa shape index (κ3) is 3.79. The zero-order valence-corrected chi connectivity index (χ0v) is 12.7. The molecule has 1 N–H and O–H groups in total. The number of carboxylic acid groups (broad SMARTS) is 1. The Morgan fingerprint density at radius 2 is 2.20 bits per heavy atom.